The molecule has 0 fully saturated rings. The van der Waals surface area contributed by atoms with Gasteiger partial charge >= 0.3 is 17.9 Å². The van der Waals surface area contributed by atoms with Crippen LogP contribution in [0.25, 0.3) is 0 Å². The third-order valence-corrected chi connectivity index (χ3v) is 13.4. The normalized spacial score (nSPS) is 12.6. The van der Waals surface area contributed by atoms with Crippen LogP contribution in [0.1, 0.15) is 303 Å². The first kappa shape index (κ1) is 69.6. The lowest BCUT2D eigenvalue weighted by Gasteiger charge is -2.18. The first-order valence-corrected chi connectivity index (χ1v) is 31.1. The lowest BCUT2D eigenvalue weighted by Crippen LogP contribution is -2.30. The molecule has 420 valence electrons. The van der Waals surface area contributed by atoms with Gasteiger partial charge in [-0.05, 0) is 83.5 Å². The minimum atomic E-state index is -0.806. The summed E-state index contributed by atoms with van der Waals surface area (Å²) in [4.78, 5) is 38.2. The van der Waals surface area contributed by atoms with Gasteiger partial charge in [0.15, 0.2) is 6.10 Å². The van der Waals surface area contributed by atoms with Crippen LogP contribution in [-0.4, -0.2) is 37.2 Å². The summed E-state index contributed by atoms with van der Waals surface area (Å²) in [7, 11) is 0. The smallest absolute Gasteiger partial charge is 0.306 e. The third kappa shape index (κ3) is 59.3. The number of carbonyl (C=O) groups excluding carboxylic acids is 3. The van der Waals surface area contributed by atoms with Crippen LogP contribution in [0.15, 0.2) is 85.1 Å². The minimum absolute atomic E-state index is 0.0974. The van der Waals surface area contributed by atoms with E-state index in [4.69, 9.17) is 14.2 Å². The number of hydrogen-bond donors (Lipinski definition) is 0. The number of allylic oxidation sites excluding steroid dienone is 14. The highest BCUT2D eigenvalue weighted by atomic mass is 16.6. The van der Waals surface area contributed by atoms with Crippen LogP contribution in [0.4, 0.5) is 0 Å². The van der Waals surface area contributed by atoms with E-state index in [1.54, 1.807) is 0 Å². The molecule has 0 aliphatic carbocycles. The molecule has 0 radical (unpaired) electrons. The molecule has 6 nitrogen and oxygen atoms in total. The van der Waals surface area contributed by atoms with Crippen molar-refractivity contribution in [1.82, 2.24) is 0 Å². The first-order chi connectivity index (χ1) is 36.0. The van der Waals surface area contributed by atoms with Gasteiger partial charge in [0.05, 0.1) is 0 Å². The molecule has 0 bridgehead atoms. The molecular formula is C67H116O6. The average molecular weight is 1020 g/mol. The Kier molecular flexibility index (Phi) is 58.3. The lowest BCUT2D eigenvalue weighted by atomic mass is 10.0. The second-order valence-electron chi connectivity index (χ2n) is 20.6. The minimum Gasteiger partial charge on any atom is -0.462 e. The van der Waals surface area contributed by atoms with Gasteiger partial charge in [-0.25, -0.2) is 0 Å². The van der Waals surface area contributed by atoms with Gasteiger partial charge in [0.25, 0.3) is 0 Å². The van der Waals surface area contributed by atoms with Gasteiger partial charge in [-0.1, -0.05) is 286 Å². The first-order valence-electron chi connectivity index (χ1n) is 31.1. The highest BCUT2D eigenvalue weighted by Crippen LogP contribution is 2.16. The van der Waals surface area contributed by atoms with E-state index in [0.717, 1.165) is 77.0 Å². The van der Waals surface area contributed by atoms with Crippen LogP contribution in [0.3, 0.4) is 0 Å². The predicted octanol–water partition coefficient (Wildman–Crippen LogP) is 21.1. The van der Waals surface area contributed by atoms with Crippen molar-refractivity contribution >= 4 is 17.9 Å². The van der Waals surface area contributed by atoms with Gasteiger partial charge in [0.1, 0.15) is 13.2 Å². The van der Waals surface area contributed by atoms with Gasteiger partial charge in [-0.15, -0.1) is 0 Å². The van der Waals surface area contributed by atoms with Crippen LogP contribution < -0.4 is 0 Å². The maximum atomic E-state index is 12.9. The standard InChI is InChI=1S/C67H116O6/c1-4-7-10-13-16-19-22-25-28-30-32-33-35-37-40-42-45-48-51-54-57-60-66(69)72-63-64(73-67(70)61-58-55-52-49-46-43-38-27-24-21-18-15-12-9-6-3)62-71-65(68)59-56-53-50-47-44-41-39-36-34-31-29-26-23-20-17-14-11-8-5-2/h8,11,17,20,25-26,28-29,34,36,41,44,50,53,64H,4-7,9-10,12-16,18-19,21-24,27,30-33,35,37-40,42-43,45-49,51-52,54-63H2,1-3H3/b11-8-,20-17-,28-25-,29-26-,36-34-,44-41-,53-50-/t64-/m1/s1. The van der Waals surface area contributed by atoms with Crippen LogP contribution in [0.2, 0.25) is 0 Å². The van der Waals surface area contributed by atoms with Crippen molar-refractivity contribution in [3.05, 3.63) is 85.1 Å². The summed E-state index contributed by atoms with van der Waals surface area (Å²) in [5.41, 5.74) is 0. The Morgan fingerprint density at radius 3 is 0.918 bits per heavy atom. The molecule has 0 aliphatic heterocycles. The molecule has 0 aromatic heterocycles. The molecular weight excluding hydrogens is 901 g/mol. The predicted molar refractivity (Wildman–Crippen MR) is 316 cm³/mol. The molecule has 73 heavy (non-hydrogen) atoms. The summed E-state index contributed by atoms with van der Waals surface area (Å²) in [5, 5.41) is 0. The van der Waals surface area contributed by atoms with E-state index in [-0.39, 0.29) is 37.5 Å². The number of carbonyl (C=O) groups is 3. The zero-order chi connectivity index (χ0) is 52.9. The van der Waals surface area contributed by atoms with Crippen molar-refractivity contribution in [3.8, 4) is 0 Å². The molecule has 0 amide bonds. The van der Waals surface area contributed by atoms with E-state index < -0.39 is 6.10 Å². The number of hydrogen-bond acceptors (Lipinski definition) is 6. The molecule has 0 aromatic carbocycles. The topological polar surface area (TPSA) is 78.9 Å². The maximum Gasteiger partial charge on any atom is 0.306 e. The fraction of sp³-hybridized carbons (Fsp3) is 0.746. The van der Waals surface area contributed by atoms with Crippen LogP contribution in [-0.2, 0) is 28.6 Å². The van der Waals surface area contributed by atoms with Gasteiger partial charge in [0.2, 0.25) is 0 Å². The Labute approximate surface area is 452 Å². The molecule has 0 aromatic rings. The van der Waals surface area contributed by atoms with E-state index in [9.17, 15) is 14.4 Å². The van der Waals surface area contributed by atoms with Crippen molar-refractivity contribution in [1.29, 1.82) is 0 Å². The average Bonchev–Trinajstić information content (AvgIpc) is 3.39. The molecule has 0 rings (SSSR count). The lowest BCUT2D eigenvalue weighted by molar-refractivity contribution is -0.166. The zero-order valence-electron chi connectivity index (χ0n) is 48.1. The molecule has 0 saturated carbocycles. The van der Waals surface area contributed by atoms with Gasteiger partial charge in [-0.3, -0.25) is 14.4 Å². The Bertz CT molecular complexity index is 1400. The Hall–Kier alpha value is -3.41. The van der Waals surface area contributed by atoms with Crippen molar-refractivity contribution in [2.45, 2.75) is 309 Å². The molecule has 0 spiro atoms. The fourth-order valence-corrected chi connectivity index (χ4v) is 8.76. The largest absolute Gasteiger partial charge is 0.462 e. The van der Waals surface area contributed by atoms with E-state index in [2.05, 4.69) is 99.8 Å². The second kappa shape index (κ2) is 61.1. The maximum absolute atomic E-state index is 12.9. The van der Waals surface area contributed by atoms with E-state index in [1.807, 2.05) is 6.08 Å². The quantitative estimate of drug-likeness (QED) is 0.0261. The Balaban J connectivity index is 4.43. The van der Waals surface area contributed by atoms with Crippen LogP contribution in [0, 0.1) is 0 Å². The van der Waals surface area contributed by atoms with Crippen molar-refractivity contribution in [3.63, 3.8) is 0 Å². The van der Waals surface area contributed by atoms with Crippen molar-refractivity contribution < 1.29 is 28.6 Å². The molecule has 0 N–H and O–H groups in total. The number of rotatable bonds is 56. The van der Waals surface area contributed by atoms with Crippen LogP contribution in [0.5, 0.6) is 0 Å². The molecule has 6 heteroatoms. The monoisotopic (exact) mass is 1020 g/mol. The highest BCUT2D eigenvalue weighted by Gasteiger charge is 2.19. The number of unbranched alkanes of at least 4 members (excludes halogenated alkanes) is 31. The van der Waals surface area contributed by atoms with Crippen molar-refractivity contribution in [2.24, 2.45) is 0 Å². The molecule has 0 saturated heterocycles. The summed E-state index contributed by atoms with van der Waals surface area (Å²) in [6.45, 7) is 6.49. The zero-order valence-corrected chi connectivity index (χ0v) is 48.1. The van der Waals surface area contributed by atoms with Gasteiger partial charge in [0, 0.05) is 19.3 Å². The van der Waals surface area contributed by atoms with E-state index in [1.165, 1.54) is 180 Å². The van der Waals surface area contributed by atoms with Gasteiger partial charge < -0.3 is 14.2 Å². The summed E-state index contributed by atoms with van der Waals surface area (Å²) < 4.78 is 16.8. The summed E-state index contributed by atoms with van der Waals surface area (Å²) in [6.07, 6.45) is 80.2. The molecule has 0 heterocycles. The Morgan fingerprint density at radius 2 is 0.562 bits per heavy atom. The third-order valence-electron chi connectivity index (χ3n) is 13.4. The van der Waals surface area contributed by atoms with Crippen LogP contribution >= 0.6 is 0 Å². The Morgan fingerprint density at radius 1 is 0.288 bits per heavy atom. The fourth-order valence-electron chi connectivity index (χ4n) is 8.76. The van der Waals surface area contributed by atoms with E-state index in [0.29, 0.717) is 19.3 Å². The molecule has 0 aliphatic rings. The van der Waals surface area contributed by atoms with Gasteiger partial charge in [-0.2, -0.15) is 0 Å². The highest BCUT2D eigenvalue weighted by molar-refractivity contribution is 5.71. The summed E-state index contributed by atoms with van der Waals surface area (Å²) in [6, 6.07) is 0. The SMILES string of the molecule is CC/C=C\C/C=C\C/C=C\C/C=C\C/C=C\C/C=C\CCC(=O)OC[C@H](COC(=O)CCCCCCCCCCCCC/C=C\CCCCCCCC)OC(=O)CCCCCCCCCCCCCCCCC. The van der Waals surface area contributed by atoms with E-state index >= 15 is 0 Å². The molecule has 1 atom stereocenters. The number of ether oxygens (including phenoxy) is 3. The molecule has 0 unspecified atom stereocenters. The summed E-state index contributed by atoms with van der Waals surface area (Å²) >= 11 is 0. The van der Waals surface area contributed by atoms with Crippen molar-refractivity contribution in [2.75, 3.05) is 13.2 Å². The number of esters is 3. The second-order valence-corrected chi connectivity index (χ2v) is 20.6. The summed E-state index contributed by atoms with van der Waals surface area (Å²) in [5.74, 6) is -0.973.